The summed E-state index contributed by atoms with van der Waals surface area (Å²) in [6.45, 7) is 3.46. The van der Waals surface area contributed by atoms with E-state index in [1.807, 2.05) is 5.43 Å². The van der Waals surface area contributed by atoms with Crippen molar-refractivity contribution in [2.45, 2.75) is 20.4 Å². The maximum atomic E-state index is 11.7. The SMILES string of the molecule is Cc1oc(C(=O)NN)cc1Cn1cc(C)c(=O)[nH]c1=O. The van der Waals surface area contributed by atoms with Crippen molar-refractivity contribution in [3.63, 3.8) is 0 Å². The summed E-state index contributed by atoms with van der Waals surface area (Å²) in [5.41, 5.74) is 2.10. The molecule has 2 heterocycles. The number of aryl methyl sites for hydroxylation is 2. The van der Waals surface area contributed by atoms with Crippen molar-refractivity contribution >= 4 is 5.91 Å². The summed E-state index contributed by atoms with van der Waals surface area (Å²) in [6, 6.07) is 1.50. The van der Waals surface area contributed by atoms with Gasteiger partial charge in [-0.3, -0.25) is 24.6 Å². The largest absolute Gasteiger partial charge is 0.456 e. The van der Waals surface area contributed by atoms with Gasteiger partial charge in [-0.15, -0.1) is 0 Å². The van der Waals surface area contributed by atoms with Crippen LogP contribution in [-0.2, 0) is 6.54 Å². The third-order valence-electron chi connectivity index (χ3n) is 2.91. The Labute approximate surface area is 113 Å². The molecule has 0 aromatic carbocycles. The molecule has 2 aromatic heterocycles. The lowest BCUT2D eigenvalue weighted by Crippen LogP contribution is -2.31. The molecule has 0 fully saturated rings. The topological polar surface area (TPSA) is 123 Å². The predicted molar refractivity (Wildman–Crippen MR) is 70.3 cm³/mol. The van der Waals surface area contributed by atoms with Crippen LogP contribution in [0.1, 0.15) is 27.4 Å². The molecule has 0 aliphatic heterocycles. The third kappa shape index (κ3) is 2.54. The Morgan fingerprint density at radius 2 is 2.15 bits per heavy atom. The van der Waals surface area contributed by atoms with Crippen LogP contribution in [0.2, 0.25) is 0 Å². The van der Waals surface area contributed by atoms with Gasteiger partial charge in [-0.2, -0.15) is 0 Å². The van der Waals surface area contributed by atoms with Crippen molar-refractivity contribution in [1.29, 1.82) is 0 Å². The van der Waals surface area contributed by atoms with E-state index in [1.54, 1.807) is 13.8 Å². The second kappa shape index (κ2) is 5.17. The first kappa shape index (κ1) is 13.8. The molecule has 0 bridgehead atoms. The fourth-order valence-corrected chi connectivity index (χ4v) is 1.78. The molecule has 0 aliphatic rings. The summed E-state index contributed by atoms with van der Waals surface area (Å²) in [6.07, 6.45) is 1.45. The Balaban J connectivity index is 2.38. The maximum Gasteiger partial charge on any atom is 0.328 e. The zero-order valence-electron chi connectivity index (χ0n) is 11.0. The number of carbonyl (C=O) groups is 1. The van der Waals surface area contributed by atoms with Crippen LogP contribution < -0.4 is 22.5 Å². The summed E-state index contributed by atoms with van der Waals surface area (Å²) in [5, 5.41) is 0. The molecule has 106 valence electrons. The number of nitrogen functional groups attached to an aromatic ring is 1. The second-order valence-electron chi connectivity index (χ2n) is 4.36. The second-order valence-corrected chi connectivity index (χ2v) is 4.36. The van der Waals surface area contributed by atoms with Crippen molar-refractivity contribution < 1.29 is 9.21 Å². The zero-order chi connectivity index (χ0) is 14.9. The number of nitrogens with one attached hydrogen (secondary N) is 2. The standard InChI is InChI=1S/C12H14N4O4/c1-6-4-16(12(19)14-10(6)17)5-8-3-9(11(18)15-13)20-7(8)2/h3-4H,5,13H2,1-2H3,(H,15,18)(H,14,17,19). The average Bonchev–Trinajstić information content (AvgIpc) is 2.76. The van der Waals surface area contributed by atoms with Gasteiger partial charge in [0.15, 0.2) is 5.76 Å². The van der Waals surface area contributed by atoms with Crippen LogP contribution in [0.15, 0.2) is 26.3 Å². The van der Waals surface area contributed by atoms with Crippen molar-refractivity contribution in [3.8, 4) is 0 Å². The zero-order valence-corrected chi connectivity index (χ0v) is 11.0. The van der Waals surface area contributed by atoms with Crippen LogP contribution in [-0.4, -0.2) is 15.5 Å². The van der Waals surface area contributed by atoms with Crippen LogP contribution in [0.25, 0.3) is 0 Å². The number of furan rings is 1. The van der Waals surface area contributed by atoms with E-state index in [0.29, 0.717) is 16.9 Å². The Hall–Kier alpha value is -2.61. The van der Waals surface area contributed by atoms with Crippen LogP contribution in [0, 0.1) is 13.8 Å². The number of H-pyrrole nitrogens is 1. The van der Waals surface area contributed by atoms with E-state index in [1.165, 1.54) is 16.8 Å². The smallest absolute Gasteiger partial charge is 0.328 e. The fourth-order valence-electron chi connectivity index (χ4n) is 1.78. The third-order valence-corrected chi connectivity index (χ3v) is 2.91. The molecule has 2 aromatic rings. The number of hydrogen-bond acceptors (Lipinski definition) is 5. The number of aromatic amines is 1. The molecule has 8 heteroatoms. The first-order chi connectivity index (χ1) is 9.42. The molecule has 0 saturated heterocycles. The van der Waals surface area contributed by atoms with E-state index < -0.39 is 17.2 Å². The molecule has 20 heavy (non-hydrogen) atoms. The number of nitrogens with two attached hydrogens (primary N) is 1. The normalized spacial score (nSPS) is 10.6. The van der Waals surface area contributed by atoms with Crippen molar-refractivity contribution in [2.75, 3.05) is 0 Å². The summed E-state index contributed by atoms with van der Waals surface area (Å²) in [7, 11) is 0. The number of rotatable bonds is 3. The molecule has 0 saturated carbocycles. The number of aromatic nitrogens is 2. The van der Waals surface area contributed by atoms with E-state index in [-0.39, 0.29) is 12.3 Å². The highest BCUT2D eigenvalue weighted by Gasteiger charge is 2.14. The Morgan fingerprint density at radius 1 is 1.45 bits per heavy atom. The van der Waals surface area contributed by atoms with Crippen molar-refractivity contribution in [3.05, 3.63) is 55.7 Å². The van der Waals surface area contributed by atoms with Gasteiger partial charge in [-0.25, -0.2) is 10.6 Å². The number of nitrogens with zero attached hydrogens (tertiary/aromatic N) is 1. The van der Waals surface area contributed by atoms with Gasteiger partial charge in [0, 0.05) is 17.3 Å². The fraction of sp³-hybridized carbons (Fsp3) is 0.250. The van der Waals surface area contributed by atoms with Gasteiger partial charge in [0.1, 0.15) is 5.76 Å². The minimum Gasteiger partial charge on any atom is -0.456 e. The highest BCUT2D eigenvalue weighted by Crippen LogP contribution is 2.15. The highest BCUT2D eigenvalue weighted by atomic mass is 16.4. The first-order valence-corrected chi connectivity index (χ1v) is 5.83. The average molecular weight is 278 g/mol. The molecule has 0 unspecified atom stereocenters. The van der Waals surface area contributed by atoms with Gasteiger partial charge >= 0.3 is 11.6 Å². The van der Waals surface area contributed by atoms with Crippen LogP contribution in [0.3, 0.4) is 0 Å². The number of hydrazine groups is 1. The van der Waals surface area contributed by atoms with Crippen LogP contribution >= 0.6 is 0 Å². The van der Waals surface area contributed by atoms with E-state index in [2.05, 4.69) is 4.98 Å². The van der Waals surface area contributed by atoms with E-state index in [4.69, 9.17) is 10.3 Å². The van der Waals surface area contributed by atoms with Gasteiger partial charge in [0.25, 0.3) is 5.56 Å². The van der Waals surface area contributed by atoms with Gasteiger partial charge in [0.05, 0.1) is 6.54 Å². The molecule has 4 N–H and O–H groups in total. The van der Waals surface area contributed by atoms with Crippen molar-refractivity contribution in [2.24, 2.45) is 5.84 Å². The summed E-state index contributed by atoms with van der Waals surface area (Å²) in [5.74, 6) is 5.03. The lowest BCUT2D eigenvalue weighted by atomic mass is 10.2. The number of carbonyl (C=O) groups excluding carboxylic acids is 1. The molecule has 0 aliphatic carbocycles. The van der Waals surface area contributed by atoms with Gasteiger partial charge in [-0.05, 0) is 19.9 Å². The predicted octanol–water partition coefficient (Wildman–Crippen LogP) is -0.602. The van der Waals surface area contributed by atoms with Crippen molar-refractivity contribution in [1.82, 2.24) is 15.0 Å². The molecular weight excluding hydrogens is 264 g/mol. The Kier molecular flexibility index (Phi) is 3.57. The summed E-state index contributed by atoms with van der Waals surface area (Å²) in [4.78, 5) is 36.5. The molecule has 2 rings (SSSR count). The van der Waals surface area contributed by atoms with E-state index >= 15 is 0 Å². The highest BCUT2D eigenvalue weighted by molar-refractivity contribution is 5.91. The molecule has 0 spiro atoms. The van der Waals surface area contributed by atoms with Gasteiger partial charge < -0.3 is 4.42 Å². The maximum absolute atomic E-state index is 11.7. The number of hydrogen-bond donors (Lipinski definition) is 3. The molecule has 0 radical (unpaired) electrons. The van der Waals surface area contributed by atoms with Gasteiger partial charge in [0.2, 0.25) is 0 Å². The molecule has 0 atom stereocenters. The minimum absolute atomic E-state index is 0.0641. The lowest BCUT2D eigenvalue weighted by molar-refractivity contribution is 0.0924. The quantitative estimate of drug-likeness (QED) is 0.393. The van der Waals surface area contributed by atoms with Crippen LogP contribution in [0.5, 0.6) is 0 Å². The molecular formula is C12H14N4O4. The summed E-state index contributed by atoms with van der Waals surface area (Å²) >= 11 is 0. The Bertz CT molecular complexity index is 768. The number of amides is 1. The lowest BCUT2D eigenvalue weighted by Gasteiger charge is -2.04. The first-order valence-electron chi connectivity index (χ1n) is 5.83. The monoisotopic (exact) mass is 278 g/mol. The van der Waals surface area contributed by atoms with Crippen LogP contribution in [0.4, 0.5) is 0 Å². The Morgan fingerprint density at radius 3 is 2.80 bits per heavy atom. The summed E-state index contributed by atoms with van der Waals surface area (Å²) < 4.78 is 6.59. The minimum atomic E-state index is -0.552. The van der Waals surface area contributed by atoms with E-state index in [9.17, 15) is 14.4 Å². The molecule has 8 nitrogen and oxygen atoms in total. The molecule has 1 amide bonds. The van der Waals surface area contributed by atoms with Gasteiger partial charge in [-0.1, -0.05) is 0 Å². The van der Waals surface area contributed by atoms with E-state index in [0.717, 1.165) is 0 Å².